The molecule has 0 fully saturated rings. The fraction of sp³-hybridized carbons (Fsp3) is 0.316. The van der Waals surface area contributed by atoms with E-state index in [9.17, 15) is 4.79 Å². The van der Waals surface area contributed by atoms with Gasteiger partial charge in [0.25, 0.3) is 0 Å². The molecule has 0 heterocycles. The van der Waals surface area contributed by atoms with Crippen molar-refractivity contribution in [2.24, 2.45) is 0 Å². The van der Waals surface area contributed by atoms with Gasteiger partial charge in [-0.2, -0.15) is 0 Å². The average Bonchev–Trinajstić information content (AvgIpc) is 2.64. The van der Waals surface area contributed by atoms with Crippen LogP contribution in [-0.4, -0.2) is 39.3 Å². The molecule has 0 unspecified atom stereocenters. The van der Waals surface area contributed by atoms with Gasteiger partial charge in [-0.05, 0) is 43.3 Å². The van der Waals surface area contributed by atoms with E-state index in [1.807, 2.05) is 66.4 Å². The number of benzene rings is 2. The van der Waals surface area contributed by atoms with Gasteiger partial charge in [-0.15, -0.1) is 0 Å². The van der Waals surface area contributed by atoms with Crippen LogP contribution in [0.1, 0.15) is 6.92 Å². The van der Waals surface area contributed by atoms with Crippen LogP contribution in [0.2, 0.25) is 0 Å². The monoisotopic (exact) mass is 328 g/mol. The van der Waals surface area contributed by atoms with Gasteiger partial charge in [-0.3, -0.25) is 4.79 Å². The number of likely N-dealkylation sites (N-methyl/N-ethyl adjacent to an activating group) is 1. The fourth-order valence-electron chi connectivity index (χ4n) is 2.29. The molecular formula is C19H24N2O3. The molecule has 0 aliphatic carbocycles. The van der Waals surface area contributed by atoms with E-state index in [1.165, 1.54) is 0 Å². The Kier molecular flexibility index (Phi) is 6.95. The number of amides is 1. The van der Waals surface area contributed by atoms with E-state index in [2.05, 4.69) is 5.32 Å². The molecule has 1 amide bonds. The van der Waals surface area contributed by atoms with Gasteiger partial charge >= 0.3 is 0 Å². The number of rotatable bonds is 9. The molecule has 2 aromatic carbocycles. The highest BCUT2D eigenvalue weighted by molar-refractivity contribution is 5.81. The van der Waals surface area contributed by atoms with Crippen molar-refractivity contribution in [1.29, 1.82) is 0 Å². The van der Waals surface area contributed by atoms with Gasteiger partial charge < -0.3 is 19.7 Å². The van der Waals surface area contributed by atoms with Crippen LogP contribution in [0.5, 0.6) is 11.5 Å². The summed E-state index contributed by atoms with van der Waals surface area (Å²) in [5.41, 5.74) is 1.05. The average molecular weight is 328 g/mol. The molecule has 24 heavy (non-hydrogen) atoms. The van der Waals surface area contributed by atoms with Gasteiger partial charge in [0, 0.05) is 12.2 Å². The summed E-state index contributed by atoms with van der Waals surface area (Å²) in [6.45, 7) is 4.04. The largest absolute Gasteiger partial charge is 0.497 e. The van der Waals surface area contributed by atoms with Crippen LogP contribution in [0.15, 0.2) is 54.6 Å². The topological polar surface area (TPSA) is 50.8 Å². The standard InChI is InChI=1S/C19H24N2O3/c1-3-21(16-7-5-4-6-8-16)15-19(22)20-13-14-24-18-11-9-17(23-2)10-12-18/h4-12H,3,13-15H2,1-2H3,(H,20,22). The molecule has 2 rings (SSSR count). The van der Waals surface area contributed by atoms with Crippen LogP contribution >= 0.6 is 0 Å². The van der Waals surface area contributed by atoms with Gasteiger partial charge in [0.2, 0.25) is 5.91 Å². The predicted octanol–water partition coefficient (Wildman–Crippen LogP) is 2.72. The molecule has 0 aliphatic heterocycles. The predicted molar refractivity (Wildman–Crippen MR) is 95.8 cm³/mol. The molecule has 5 nitrogen and oxygen atoms in total. The lowest BCUT2D eigenvalue weighted by atomic mass is 10.3. The van der Waals surface area contributed by atoms with Gasteiger partial charge in [0.1, 0.15) is 18.1 Å². The minimum Gasteiger partial charge on any atom is -0.497 e. The Hall–Kier alpha value is -2.69. The lowest BCUT2D eigenvalue weighted by molar-refractivity contribution is -0.119. The third-order valence-electron chi connectivity index (χ3n) is 3.59. The van der Waals surface area contributed by atoms with Crippen molar-refractivity contribution in [2.45, 2.75) is 6.92 Å². The zero-order valence-electron chi connectivity index (χ0n) is 14.2. The molecule has 0 radical (unpaired) electrons. The van der Waals surface area contributed by atoms with Crippen molar-refractivity contribution in [3.63, 3.8) is 0 Å². The molecular weight excluding hydrogens is 304 g/mol. The molecule has 1 N–H and O–H groups in total. The maximum atomic E-state index is 12.1. The van der Waals surface area contributed by atoms with Gasteiger partial charge in [0.15, 0.2) is 0 Å². The van der Waals surface area contributed by atoms with Gasteiger partial charge in [0.05, 0.1) is 20.2 Å². The van der Waals surface area contributed by atoms with Crippen molar-refractivity contribution in [3.05, 3.63) is 54.6 Å². The summed E-state index contributed by atoms with van der Waals surface area (Å²) in [4.78, 5) is 14.1. The van der Waals surface area contributed by atoms with Crippen molar-refractivity contribution in [2.75, 3.05) is 38.3 Å². The van der Waals surface area contributed by atoms with Crippen LogP contribution in [0.25, 0.3) is 0 Å². The van der Waals surface area contributed by atoms with E-state index < -0.39 is 0 Å². The van der Waals surface area contributed by atoms with E-state index in [-0.39, 0.29) is 5.91 Å². The van der Waals surface area contributed by atoms with E-state index in [0.717, 1.165) is 23.7 Å². The highest BCUT2D eigenvalue weighted by Gasteiger charge is 2.09. The molecule has 128 valence electrons. The maximum absolute atomic E-state index is 12.1. The van der Waals surface area contributed by atoms with Crippen LogP contribution in [0.3, 0.4) is 0 Å². The lowest BCUT2D eigenvalue weighted by Gasteiger charge is -2.22. The molecule has 0 saturated heterocycles. The number of carbonyl (C=O) groups is 1. The molecule has 2 aromatic rings. The van der Waals surface area contributed by atoms with Crippen LogP contribution < -0.4 is 19.7 Å². The number of hydrogen-bond donors (Lipinski definition) is 1. The van der Waals surface area contributed by atoms with E-state index in [0.29, 0.717) is 19.7 Å². The molecule has 0 spiro atoms. The molecule has 0 aliphatic rings. The minimum atomic E-state index is -0.0148. The van der Waals surface area contributed by atoms with E-state index in [4.69, 9.17) is 9.47 Å². The smallest absolute Gasteiger partial charge is 0.239 e. The van der Waals surface area contributed by atoms with Crippen LogP contribution in [0.4, 0.5) is 5.69 Å². The van der Waals surface area contributed by atoms with Crippen molar-refractivity contribution in [1.82, 2.24) is 5.32 Å². The van der Waals surface area contributed by atoms with Crippen molar-refractivity contribution >= 4 is 11.6 Å². The van der Waals surface area contributed by atoms with Crippen LogP contribution in [0, 0.1) is 0 Å². The minimum absolute atomic E-state index is 0.0148. The Morgan fingerprint density at radius 3 is 2.33 bits per heavy atom. The zero-order valence-corrected chi connectivity index (χ0v) is 14.2. The highest BCUT2D eigenvalue weighted by Crippen LogP contribution is 2.16. The Balaban J connectivity index is 1.70. The van der Waals surface area contributed by atoms with E-state index in [1.54, 1.807) is 7.11 Å². The van der Waals surface area contributed by atoms with Crippen molar-refractivity contribution in [3.8, 4) is 11.5 Å². The Morgan fingerprint density at radius 2 is 1.71 bits per heavy atom. The molecule has 0 atom stereocenters. The first-order valence-corrected chi connectivity index (χ1v) is 8.06. The molecule has 0 bridgehead atoms. The second-order valence-corrected chi connectivity index (χ2v) is 5.22. The second-order valence-electron chi connectivity index (χ2n) is 5.22. The lowest BCUT2D eigenvalue weighted by Crippen LogP contribution is -2.38. The van der Waals surface area contributed by atoms with Crippen molar-refractivity contribution < 1.29 is 14.3 Å². The van der Waals surface area contributed by atoms with Gasteiger partial charge in [-0.25, -0.2) is 0 Å². The van der Waals surface area contributed by atoms with Gasteiger partial charge in [-0.1, -0.05) is 18.2 Å². The Morgan fingerprint density at radius 1 is 1.04 bits per heavy atom. The number of carbonyl (C=O) groups excluding carboxylic acids is 1. The number of anilines is 1. The highest BCUT2D eigenvalue weighted by atomic mass is 16.5. The SMILES string of the molecule is CCN(CC(=O)NCCOc1ccc(OC)cc1)c1ccccc1. The number of nitrogens with zero attached hydrogens (tertiary/aromatic N) is 1. The third-order valence-corrected chi connectivity index (χ3v) is 3.59. The summed E-state index contributed by atoms with van der Waals surface area (Å²) in [6, 6.07) is 17.3. The number of hydrogen-bond acceptors (Lipinski definition) is 4. The molecule has 0 aromatic heterocycles. The molecule has 0 saturated carbocycles. The Bertz CT molecular complexity index is 614. The fourth-order valence-corrected chi connectivity index (χ4v) is 2.29. The third kappa shape index (κ3) is 5.50. The molecule has 5 heteroatoms. The number of nitrogens with one attached hydrogen (secondary N) is 1. The normalized spacial score (nSPS) is 10.1. The first-order valence-electron chi connectivity index (χ1n) is 8.06. The first-order chi connectivity index (χ1) is 11.7. The summed E-state index contributed by atoms with van der Waals surface area (Å²) < 4.78 is 10.7. The second kappa shape index (κ2) is 9.45. The number of para-hydroxylation sites is 1. The first kappa shape index (κ1) is 17.7. The summed E-state index contributed by atoms with van der Waals surface area (Å²) in [6.07, 6.45) is 0. The van der Waals surface area contributed by atoms with E-state index >= 15 is 0 Å². The summed E-state index contributed by atoms with van der Waals surface area (Å²) in [5, 5.41) is 2.88. The van der Waals surface area contributed by atoms with Crippen LogP contribution in [-0.2, 0) is 4.79 Å². The summed E-state index contributed by atoms with van der Waals surface area (Å²) >= 11 is 0. The Labute approximate surface area is 143 Å². The quantitative estimate of drug-likeness (QED) is 0.719. The summed E-state index contributed by atoms with van der Waals surface area (Å²) in [5.74, 6) is 1.53. The maximum Gasteiger partial charge on any atom is 0.239 e. The zero-order chi connectivity index (χ0) is 17.2. The number of methoxy groups -OCH3 is 1. The summed E-state index contributed by atoms with van der Waals surface area (Å²) in [7, 11) is 1.63. The number of ether oxygens (including phenoxy) is 2.